The molecule has 348 valence electrons. The summed E-state index contributed by atoms with van der Waals surface area (Å²) < 4.78 is 17.1. The fourth-order valence-electron chi connectivity index (χ4n) is 5.95. The highest BCUT2D eigenvalue weighted by atomic mass is 16.6. The number of carbonyl (C=O) groups excluding carboxylic acids is 3. The minimum Gasteiger partial charge on any atom is -0.544 e. The van der Waals surface area contributed by atoms with Gasteiger partial charge in [-0.15, -0.1) is 0 Å². The van der Waals surface area contributed by atoms with Gasteiger partial charge in [-0.25, -0.2) is 0 Å². The van der Waals surface area contributed by atoms with Gasteiger partial charge in [0.05, 0.1) is 40.3 Å². The van der Waals surface area contributed by atoms with Crippen molar-refractivity contribution in [3.63, 3.8) is 0 Å². The highest BCUT2D eigenvalue weighted by Crippen LogP contribution is 2.10. The fraction of sp³-hybridized carbons (Fsp3) is 0.574. The second-order valence-corrected chi connectivity index (χ2v) is 16.3. The van der Waals surface area contributed by atoms with Gasteiger partial charge in [-0.05, 0) is 103 Å². The predicted molar refractivity (Wildman–Crippen MR) is 258 cm³/mol. The zero-order valence-electron chi connectivity index (χ0n) is 39.5. The molecule has 8 heteroatoms. The maximum absolute atomic E-state index is 12.7. The van der Waals surface area contributed by atoms with Crippen molar-refractivity contribution in [2.75, 3.05) is 41.0 Å². The molecule has 8 nitrogen and oxygen atoms in total. The molecule has 2 atom stereocenters. The molecule has 0 bridgehead atoms. The molecule has 0 saturated carbocycles. The smallest absolute Gasteiger partial charge is 0.306 e. The second-order valence-electron chi connectivity index (χ2n) is 16.3. The van der Waals surface area contributed by atoms with Gasteiger partial charge in [0.15, 0.2) is 6.10 Å². The lowest BCUT2D eigenvalue weighted by Gasteiger charge is -2.34. The van der Waals surface area contributed by atoms with Crippen LogP contribution in [0.25, 0.3) is 0 Å². The molecule has 0 spiro atoms. The molecule has 0 aliphatic rings. The number of allylic oxidation sites excluding steroid dienone is 20. The number of unbranched alkanes of at least 4 members (excludes halogenated alkanes) is 6. The highest BCUT2D eigenvalue weighted by molar-refractivity contribution is 5.70. The first-order chi connectivity index (χ1) is 30.1. The van der Waals surface area contributed by atoms with E-state index < -0.39 is 18.1 Å². The Kier molecular flexibility index (Phi) is 40.4. The quantitative estimate of drug-likeness (QED) is 0.0262. The molecular formula is C54H85NO7. The van der Waals surface area contributed by atoms with Crippen molar-refractivity contribution in [1.29, 1.82) is 0 Å². The SMILES string of the molecule is CC/C=C/C/C=C/C/C=C/C/C=C/C/C=C/C/C=C/CCCCC(=O)OC(COCCC(C(=O)[O-])[N+](C)(C)C)COC(=O)CCC/C=C/C/C=C/C/C=C/C/C=C/CCCCC. The Morgan fingerprint density at radius 3 is 1.32 bits per heavy atom. The normalized spacial score (nSPS) is 14.0. The number of aliphatic carboxylic acids is 1. The van der Waals surface area contributed by atoms with Gasteiger partial charge in [-0.3, -0.25) is 9.59 Å². The van der Waals surface area contributed by atoms with Gasteiger partial charge >= 0.3 is 11.9 Å². The van der Waals surface area contributed by atoms with E-state index in [0.717, 1.165) is 77.0 Å². The molecule has 0 N–H and O–H groups in total. The van der Waals surface area contributed by atoms with Crippen molar-refractivity contribution in [2.45, 2.75) is 161 Å². The van der Waals surface area contributed by atoms with Crippen LogP contribution in [0.2, 0.25) is 0 Å². The lowest BCUT2D eigenvalue weighted by molar-refractivity contribution is -0.889. The average Bonchev–Trinajstić information content (AvgIpc) is 3.23. The number of rotatable bonds is 40. The number of nitrogens with zero attached hydrogens (tertiary/aromatic N) is 1. The Bertz CT molecular complexity index is 1420. The van der Waals surface area contributed by atoms with Gasteiger partial charge < -0.3 is 28.6 Å². The van der Waals surface area contributed by atoms with Gasteiger partial charge in [-0.2, -0.15) is 0 Å². The molecule has 0 fully saturated rings. The summed E-state index contributed by atoms with van der Waals surface area (Å²) in [5, 5.41) is 11.6. The molecule has 0 radical (unpaired) electrons. The van der Waals surface area contributed by atoms with Crippen molar-refractivity contribution in [3.05, 3.63) is 122 Å². The fourth-order valence-corrected chi connectivity index (χ4v) is 5.95. The molecular weight excluding hydrogens is 775 g/mol. The van der Waals surface area contributed by atoms with Crippen LogP contribution in [0, 0.1) is 0 Å². The summed E-state index contributed by atoms with van der Waals surface area (Å²) >= 11 is 0. The number of ether oxygens (including phenoxy) is 3. The Balaban J connectivity index is 4.52. The second kappa shape index (κ2) is 43.4. The lowest BCUT2D eigenvalue weighted by Crippen LogP contribution is -2.55. The van der Waals surface area contributed by atoms with E-state index >= 15 is 0 Å². The van der Waals surface area contributed by atoms with Gasteiger partial charge in [0.25, 0.3) is 0 Å². The summed E-state index contributed by atoms with van der Waals surface area (Å²) in [4.78, 5) is 36.9. The summed E-state index contributed by atoms with van der Waals surface area (Å²) in [5.41, 5.74) is 0. The third kappa shape index (κ3) is 41.1. The summed E-state index contributed by atoms with van der Waals surface area (Å²) in [6.45, 7) is 4.39. The zero-order valence-corrected chi connectivity index (χ0v) is 39.5. The molecule has 0 aromatic heterocycles. The van der Waals surface area contributed by atoms with Crippen molar-refractivity contribution in [2.24, 2.45) is 0 Å². The van der Waals surface area contributed by atoms with Gasteiger partial charge in [0.2, 0.25) is 0 Å². The molecule has 0 aliphatic carbocycles. The predicted octanol–water partition coefficient (Wildman–Crippen LogP) is 12.1. The van der Waals surface area contributed by atoms with E-state index in [9.17, 15) is 19.5 Å². The minimum atomic E-state index is -1.15. The maximum atomic E-state index is 12.7. The summed E-state index contributed by atoms with van der Waals surface area (Å²) in [5.74, 6) is -1.88. The standard InChI is InChI=1S/C54H85NO7/c1-6-8-10-12-14-16-18-20-22-24-25-26-27-29-31-33-35-37-39-41-43-45-53(57)62-50(48-60-47-46-51(54(58)59)55(3,4)5)49-61-52(56)44-42-40-38-36-34-32-30-28-23-21-19-17-15-13-11-9-7-2/h8,10,14-17,20-23,25-26,29-32,35-38,50-51H,6-7,9,11-13,18-19,24,27-28,33-34,39-49H2,1-5H3/b10-8+,16-14+,17-15+,22-20+,23-21+,26-25+,31-29+,32-30+,37-35+,38-36+. The number of esters is 2. The van der Waals surface area contributed by atoms with Crippen LogP contribution in [-0.4, -0.2) is 75.5 Å². The van der Waals surface area contributed by atoms with Crippen molar-refractivity contribution in [1.82, 2.24) is 0 Å². The number of carboxylic acid groups (broad SMARTS) is 1. The van der Waals surface area contributed by atoms with Gasteiger partial charge in [0, 0.05) is 19.3 Å². The number of hydrogen-bond donors (Lipinski definition) is 0. The maximum Gasteiger partial charge on any atom is 0.306 e. The van der Waals surface area contributed by atoms with E-state index in [1.54, 1.807) is 21.1 Å². The molecule has 2 unspecified atom stereocenters. The zero-order chi connectivity index (χ0) is 45.6. The van der Waals surface area contributed by atoms with E-state index in [-0.39, 0.29) is 55.5 Å². The van der Waals surface area contributed by atoms with Crippen molar-refractivity contribution in [3.8, 4) is 0 Å². The van der Waals surface area contributed by atoms with Crippen LogP contribution in [0.5, 0.6) is 0 Å². The van der Waals surface area contributed by atoms with Crippen LogP contribution in [0.4, 0.5) is 0 Å². The van der Waals surface area contributed by atoms with Crippen LogP contribution in [0.1, 0.15) is 149 Å². The van der Waals surface area contributed by atoms with Crippen LogP contribution in [0.3, 0.4) is 0 Å². The molecule has 0 heterocycles. The molecule has 62 heavy (non-hydrogen) atoms. The third-order valence-electron chi connectivity index (χ3n) is 9.58. The first-order valence-corrected chi connectivity index (χ1v) is 23.6. The van der Waals surface area contributed by atoms with Crippen LogP contribution >= 0.6 is 0 Å². The van der Waals surface area contributed by atoms with Gasteiger partial charge in [0.1, 0.15) is 12.6 Å². The Morgan fingerprint density at radius 2 is 0.903 bits per heavy atom. The van der Waals surface area contributed by atoms with E-state index in [0.29, 0.717) is 12.8 Å². The minimum absolute atomic E-state index is 0.00328. The third-order valence-corrected chi connectivity index (χ3v) is 9.58. The number of hydrogen-bond acceptors (Lipinski definition) is 7. The number of carboxylic acids is 1. The average molecular weight is 860 g/mol. The lowest BCUT2D eigenvalue weighted by atomic mass is 10.1. The summed E-state index contributed by atoms with van der Waals surface area (Å²) in [6, 6.07) is -0.750. The van der Waals surface area contributed by atoms with Crippen LogP contribution < -0.4 is 5.11 Å². The molecule has 0 aliphatic heterocycles. The van der Waals surface area contributed by atoms with Crippen molar-refractivity contribution < 1.29 is 38.2 Å². The Labute approximate surface area is 378 Å². The first kappa shape index (κ1) is 57.7. The molecule has 0 rings (SSSR count). The molecule has 0 amide bonds. The van der Waals surface area contributed by atoms with Gasteiger partial charge in [-0.1, -0.05) is 148 Å². The van der Waals surface area contributed by atoms with Crippen LogP contribution in [0.15, 0.2) is 122 Å². The topological polar surface area (TPSA) is 102 Å². The van der Waals surface area contributed by atoms with E-state index in [1.807, 2.05) is 0 Å². The molecule has 0 aromatic carbocycles. The Hall–Kier alpha value is -4.27. The summed E-state index contributed by atoms with van der Waals surface area (Å²) in [6.07, 6.45) is 60.9. The highest BCUT2D eigenvalue weighted by Gasteiger charge is 2.25. The first-order valence-electron chi connectivity index (χ1n) is 23.6. The monoisotopic (exact) mass is 860 g/mol. The number of likely N-dealkylation sites (N-methyl/N-ethyl adjacent to an activating group) is 1. The largest absolute Gasteiger partial charge is 0.544 e. The molecule has 0 saturated heterocycles. The summed E-state index contributed by atoms with van der Waals surface area (Å²) in [7, 11) is 5.36. The van der Waals surface area contributed by atoms with E-state index in [2.05, 4.69) is 135 Å². The molecule has 0 aromatic rings. The number of carbonyl (C=O) groups is 3. The number of quaternary nitrogens is 1. The van der Waals surface area contributed by atoms with Crippen LogP contribution in [-0.2, 0) is 28.6 Å². The van der Waals surface area contributed by atoms with E-state index in [1.165, 1.54) is 25.7 Å². The van der Waals surface area contributed by atoms with Crippen molar-refractivity contribution >= 4 is 17.9 Å². The van der Waals surface area contributed by atoms with E-state index in [4.69, 9.17) is 14.2 Å². The Morgan fingerprint density at radius 1 is 0.500 bits per heavy atom.